The van der Waals surface area contributed by atoms with Crippen molar-refractivity contribution in [2.75, 3.05) is 0 Å². The molecule has 192 valence electrons. The van der Waals surface area contributed by atoms with Crippen LogP contribution < -0.4 is 0 Å². The summed E-state index contributed by atoms with van der Waals surface area (Å²) in [5.41, 5.74) is 0. The first-order valence-electron chi connectivity index (χ1n) is 4.38. The fourth-order valence-electron chi connectivity index (χ4n) is 0. The fourth-order valence-corrected chi connectivity index (χ4v) is 0. The van der Waals surface area contributed by atoms with E-state index in [0.29, 0.717) is 0 Å². The van der Waals surface area contributed by atoms with Gasteiger partial charge in [-0.3, -0.25) is 0 Å². The largest absolute Gasteiger partial charge is 2.00 e. The third kappa shape index (κ3) is 17600. The number of rotatable bonds is 0. The summed E-state index contributed by atoms with van der Waals surface area (Å²) in [6, 6.07) is 0. The normalized spacial score (nSPS) is 5.33. The Morgan fingerprint density at radius 2 is 0.194 bits per heavy atom. The molecule has 0 unspecified atom stereocenters. The van der Waals surface area contributed by atoms with Gasteiger partial charge in [0.25, 0.3) is 0 Å². The third-order valence-corrected chi connectivity index (χ3v) is 0. The van der Waals surface area contributed by atoms with Crippen LogP contribution in [-0.4, -0.2) is 192 Å². The van der Waals surface area contributed by atoms with E-state index in [9.17, 15) is 0 Å². The minimum Gasteiger partial charge on any atom is -0.356 e. The molecule has 0 aliphatic rings. The molecule has 0 aromatic heterocycles. The molecule has 36 heteroatoms. The summed E-state index contributed by atoms with van der Waals surface area (Å²) in [6.45, 7) is 0. The van der Waals surface area contributed by atoms with Crippen molar-refractivity contribution in [2.24, 2.45) is 0 Å². The Kier molecular flexibility index (Phi) is 149. The molecule has 32 nitrogen and oxygen atoms in total. The Labute approximate surface area is 309 Å². The van der Waals surface area contributed by atoms with Crippen molar-refractivity contribution in [2.45, 2.75) is 0 Å². The molecule has 0 N–H and O–H groups in total. The van der Waals surface area contributed by atoms with E-state index < -0.39 is 40.7 Å². The monoisotopic (exact) mass is 656 g/mol. The summed E-state index contributed by atoms with van der Waals surface area (Å²) in [7, 11) is 0. The molecule has 0 rings (SSSR count). The van der Waals surface area contributed by atoms with Crippen LogP contribution in [0.15, 0.2) is 0 Å². The van der Waals surface area contributed by atoms with Crippen LogP contribution in [0, 0.1) is 123 Å². The summed E-state index contributed by atoms with van der Waals surface area (Å²) in [5.74, 6) is 0. The average molecular weight is 656 g/mol. The summed E-state index contributed by atoms with van der Waals surface area (Å²) >= 11 is 0. The zero-order chi connectivity index (χ0) is 28.6. The molecule has 0 amide bonds. The van der Waals surface area contributed by atoms with Gasteiger partial charge in [-0.15, -0.1) is 0 Å². The second kappa shape index (κ2) is 69.9. The zero-order valence-electron chi connectivity index (χ0n) is 16.2. The Balaban J connectivity index is -0.0000000180. The predicted molar refractivity (Wildman–Crippen MR) is 106 cm³/mol. The summed E-state index contributed by atoms with van der Waals surface area (Å²) in [5, 5.41) is 118. The zero-order valence-corrected chi connectivity index (χ0v) is 25.0. The average Bonchev–Trinajstić information content (AvgIpc) is 2.30. The molecule has 0 heterocycles. The smallest absolute Gasteiger partial charge is 0.356 e. The number of hydrogen-bond acceptors (Lipinski definition) is 24. The summed E-state index contributed by atoms with van der Waals surface area (Å²) in [4.78, 5) is 66.0. The number of hydrogen-bond donors (Lipinski definition) is 0. The maximum absolute atomic E-state index is 8.25. The molecule has 0 spiro atoms. The van der Waals surface area contributed by atoms with Crippen LogP contribution in [0.25, 0.3) is 0 Å². The SMILES string of the molecule is O=[N+]([O-])[O-].O=[N+]([O-])[O-].O=[N+]([O-])[O-].O=[N+]([O-])[O-].O=[N+]([O-])[O-].O=[N+]([O-])[O-].O=[N+]([O-])[O-].O=[N+]([O-])[O-].[Ca+2].[Ca+2].[Ca+2].[Ca+2]. The van der Waals surface area contributed by atoms with E-state index in [1.165, 1.54) is 0 Å². The van der Waals surface area contributed by atoms with Crippen LogP contribution in [0.5, 0.6) is 0 Å². The molecule has 0 saturated carbocycles. The molecular formula is Ca4N8O24. The van der Waals surface area contributed by atoms with Gasteiger partial charge in [-0.25, -0.2) is 0 Å². The second-order valence-electron chi connectivity index (χ2n) is 1.79. The molecule has 0 aromatic carbocycles. The van der Waals surface area contributed by atoms with Crippen molar-refractivity contribution >= 4 is 151 Å². The second-order valence-corrected chi connectivity index (χ2v) is 1.79. The van der Waals surface area contributed by atoms with Gasteiger partial charge in [0.1, 0.15) is 0 Å². The van der Waals surface area contributed by atoms with Gasteiger partial charge in [0.2, 0.25) is 0 Å². The van der Waals surface area contributed by atoms with Gasteiger partial charge in [0.15, 0.2) is 0 Å². The molecule has 0 radical (unpaired) electrons. The quantitative estimate of drug-likeness (QED) is 0.139. The summed E-state index contributed by atoms with van der Waals surface area (Å²) < 4.78 is 0. The van der Waals surface area contributed by atoms with E-state index in [1.807, 2.05) is 0 Å². The van der Waals surface area contributed by atoms with E-state index in [2.05, 4.69) is 0 Å². The van der Waals surface area contributed by atoms with Crippen molar-refractivity contribution in [3.8, 4) is 0 Å². The number of nitrogens with zero attached hydrogens (tertiary/aromatic N) is 8. The van der Waals surface area contributed by atoms with Crippen molar-refractivity contribution < 1.29 is 40.7 Å². The van der Waals surface area contributed by atoms with Gasteiger partial charge in [-0.2, -0.15) is 0 Å². The van der Waals surface area contributed by atoms with Crippen LogP contribution in [-0.2, 0) is 0 Å². The molecule has 0 saturated heterocycles. The van der Waals surface area contributed by atoms with Crippen LogP contribution in [0.2, 0.25) is 0 Å². The van der Waals surface area contributed by atoms with E-state index in [1.54, 1.807) is 0 Å². The van der Waals surface area contributed by atoms with Gasteiger partial charge < -0.3 is 123 Å². The first kappa shape index (κ1) is 76.5. The van der Waals surface area contributed by atoms with Gasteiger partial charge in [0.05, 0.1) is 40.7 Å². The maximum Gasteiger partial charge on any atom is 2.00 e. The molecule has 0 aliphatic carbocycles. The fraction of sp³-hybridized carbons (Fsp3) is 0. The van der Waals surface area contributed by atoms with Gasteiger partial charge in [0, 0.05) is 0 Å². The topological polar surface area (TPSA) is 530 Å². The Morgan fingerprint density at radius 3 is 0.194 bits per heavy atom. The maximum atomic E-state index is 8.25. The van der Waals surface area contributed by atoms with E-state index in [4.69, 9.17) is 123 Å². The van der Waals surface area contributed by atoms with Crippen LogP contribution >= 0.6 is 0 Å². The Morgan fingerprint density at radius 1 is 0.194 bits per heavy atom. The van der Waals surface area contributed by atoms with E-state index >= 15 is 0 Å². The minimum atomic E-state index is -1.75. The van der Waals surface area contributed by atoms with Gasteiger partial charge in [-0.1, -0.05) is 0 Å². The van der Waals surface area contributed by atoms with Crippen LogP contribution in [0.1, 0.15) is 0 Å². The van der Waals surface area contributed by atoms with Crippen LogP contribution in [0.3, 0.4) is 0 Å². The van der Waals surface area contributed by atoms with Crippen molar-refractivity contribution in [3.05, 3.63) is 123 Å². The minimum absolute atomic E-state index is 0. The van der Waals surface area contributed by atoms with Crippen LogP contribution in [0.4, 0.5) is 0 Å². The van der Waals surface area contributed by atoms with Gasteiger partial charge >= 0.3 is 151 Å². The van der Waals surface area contributed by atoms with Gasteiger partial charge in [-0.05, 0) is 0 Å². The first-order valence-corrected chi connectivity index (χ1v) is 4.38. The van der Waals surface area contributed by atoms with Crippen molar-refractivity contribution in [3.63, 3.8) is 0 Å². The molecule has 0 bridgehead atoms. The standard InChI is InChI=1S/4Ca.8NO3/c;;;;8*2-1(3)4/q4*+2;8*-1. The molecule has 0 aliphatic heterocycles. The molecule has 0 fully saturated rings. The van der Waals surface area contributed by atoms with Crippen molar-refractivity contribution in [1.29, 1.82) is 0 Å². The Hall–Kier alpha value is -1.36. The predicted octanol–water partition coefficient (Wildman–Crippen LogP) is -3.44. The Bertz CT molecular complexity index is 372. The third-order valence-electron chi connectivity index (χ3n) is 0. The molecule has 0 aromatic rings. The molecule has 36 heavy (non-hydrogen) atoms. The molecule has 0 atom stereocenters. The van der Waals surface area contributed by atoms with Crippen molar-refractivity contribution in [1.82, 2.24) is 0 Å². The van der Waals surface area contributed by atoms with E-state index in [-0.39, 0.29) is 151 Å². The van der Waals surface area contributed by atoms with E-state index in [0.717, 1.165) is 0 Å². The summed E-state index contributed by atoms with van der Waals surface area (Å²) in [6.07, 6.45) is 0. The molecular weight excluding hydrogens is 656 g/mol. The first-order chi connectivity index (χ1) is 13.9.